The quantitative estimate of drug-likeness (QED) is 0.901. The molecule has 0 bridgehead atoms. The second-order valence-electron chi connectivity index (χ2n) is 4.38. The Kier molecular flexibility index (Phi) is 5.16. The summed E-state index contributed by atoms with van der Waals surface area (Å²) in [4.78, 5) is 25.1. The fraction of sp³-hybridized carbons (Fsp3) is 0.200. The van der Waals surface area contributed by atoms with Crippen molar-refractivity contribution in [3.63, 3.8) is 0 Å². The average molecular weight is 351 g/mol. The molecule has 2 rings (SSSR count). The number of carbonyl (C=O) groups excluding carboxylic acids is 2. The molecule has 0 atom stereocenters. The van der Waals surface area contributed by atoms with E-state index in [2.05, 4.69) is 21.2 Å². The zero-order valence-corrected chi connectivity index (χ0v) is 13.1. The number of rotatable bonds is 5. The van der Waals surface area contributed by atoms with Crippen molar-refractivity contribution < 1.29 is 14.0 Å². The van der Waals surface area contributed by atoms with Crippen LogP contribution in [0.4, 0.5) is 5.69 Å². The molecule has 21 heavy (non-hydrogen) atoms. The zero-order valence-electron chi connectivity index (χ0n) is 11.5. The van der Waals surface area contributed by atoms with E-state index in [4.69, 9.17) is 4.42 Å². The van der Waals surface area contributed by atoms with Crippen LogP contribution in [0.25, 0.3) is 0 Å². The van der Waals surface area contributed by atoms with Gasteiger partial charge in [-0.2, -0.15) is 0 Å². The van der Waals surface area contributed by atoms with Gasteiger partial charge < -0.3 is 14.6 Å². The fourth-order valence-corrected chi connectivity index (χ4v) is 2.28. The van der Waals surface area contributed by atoms with Crippen molar-refractivity contribution in [2.75, 3.05) is 18.0 Å². The summed E-state index contributed by atoms with van der Waals surface area (Å²) >= 11 is 3.38. The second-order valence-corrected chi connectivity index (χ2v) is 5.30. The molecule has 0 aliphatic heterocycles. The van der Waals surface area contributed by atoms with E-state index in [-0.39, 0.29) is 17.6 Å². The Balaban J connectivity index is 1.95. The summed E-state index contributed by atoms with van der Waals surface area (Å²) in [5.41, 5.74) is 0.782. The van der Waals surface area contributed by atoms with Crippen LogP contribution < -0.4 is 10.2 Å². The average Bonchev–Trinajstić information content (AvgIpc) is 2.97. The fourth-order valence-electron chi connectivity index (χ4n) is 1.89. The third-order valence-electron chi connectivity index (χ3n) is 2.87. The van der Waals surface area contributed by atoms with Gasteiger partial charge >= 0.3 is 0 Å². The SMILES string of the molecule is CC(=O)N(CCNC(=O)c1ccco1)c1cccc(Br)c1. The molecule has 1 aromatic carbocycles. The lowest BCUT2D eigenvalue weighted by atomic mass is 10.3. The van der Waals surface area contributed by atoms with Crippen LogP contribution in [0.2, 0.25) is 0 Å². The molecule has 1 heterocycles. The standard InChI is InChI=1S/C15H15BrN2O3/c1-11(19)18(13-5-2-4-12(16)10-13)8-7-17-15(20)14-6-3-9-21-14/h2-6,9-10H,7-8H2,1H3,(H,17,20). The minimum atomic E-state index is -0.294. The van der Waals surface area contributed by atoms with Crippen LogP contribution in [0.3, 0.4) is 0 Å². The van der Waals surface area contributed by atoms with E-state index in [9.17, 15) is 9.59 Å². The van der Waals surface area contributed by atoms with Crippen molar-refractivity contribution in [3.05, 3.63) is 52.9 Å². The third-order valence-corrected chi connectivity index (χ3v) is 3.36. The normalized spacial score (nSPS) is 10.2. The largest absolute Gasteiger partial charge is 0.459 e. The van der Waals surface area contributed by atoms with Crippen LogP contribution in [0.15, 0.2) is 51.6 Å². The maximum atomic E-state index is 11.7. The van der Waals surface area contributed by atoms with E-state index in [1.807, 2.05) is 24.3 Å². The molecule has 2 aromatic rings. The molecule has 0 fully saturated rings. The first-order chi connectivity index (χ1) is 10.1. The molecule has 110 valence electrons. The van der Waals surface area contributed by atoms with Crippen LogP contribution in [0.1, 0.15) is 17.5 Å². The topological polar surface area (TPSA) is 62.6 Å². The van der Waals surface area contributed by atoms with Crippen molar-refractivity contribution in [1.29, 1.82) is 0 Å². The molecule has 0 aliphatic carbocycles. The van der Waals surface area contributed by atoms with Crippen molar-refractivity contribution in [3.8, 4) is 0 Å². The predicted octanol–water partition coefficient (Wildman–Crippen LogP) is 2.83. The smallest absolute Gasteiger partial charge is 0.287 e. The minimum absolute atomic E-state index is 0.0830. The van der Waals surface area contributed by atoms with Crippen molar-refractivity contribution in [2.24, 2.45) is 0 Å². The Morgan fingerprint density at radius 1 is 1.29 bits per heavy atom. The predicted molar refractivity (Wildman–Crippen MR) is 83.2 cm³/mol. The Morgan fingerprint density at radius 2 is 2.10 bits per heavy atom. The van der Waals surface area contributed by atoms with Crippen molar-refractivity contribution in [2.45, 2.75) is 6.92 Å². The highest BCUT2D eigenvalue weighted by molar-refractivity contribution is 9.10. The Morgan fingerprint density at radius 3 is 2.71 bits per heavy atom. The minimum Gasteiger partial charge on any atom is -0.459 e. The summed E-state index contributed by atoms with van der Waals surface area (Å²) in [7, 11) is 0. The van der Waals surface area contributed by atoms with Gasteiger partial charge in [0, 0.05) is 30.2 Å². The number of hydrogen-bond donors (Lipinski definition) is 1. The van der Waals surface area contributed by atoms with Gasteiger partial charge in [-0.25, -0.2) is 0 Å². The van der Waals surface area contributed by atoms with E-state index in [1.54, 1.807) is 17.0 Å². The van der Waals surface area contributed by atoms with E-state index in [0.717, 1.165) is 10.2 Å². The van der Waals surface area contributed by atoms with Crippen LogP contribution >= 0.6 is 15.9 Å². The number of hydrogen-bond acceptors (Lipinski definition) is 3. The molecule has 6 heteroatoms. The Hall–Kier alpha value is -2.08. The number of nitrogens with one attached hydrogen (secondary N) is 1. The summed E-state index contributed by atoms with van der Waals surface area (Å²) in [6.07, 6.45) is 1.44. The monoisotopic (exact) mass is 350 g/mol. The second kappa shape index (κ2) is 7.08. The lowest BCUT2D eigenvalue weighted by Gasteiger charge is -2.21. The summed E-state index contributed by atoms with van der Waals surface area (Å²) in [6, 6.07) is 10.7. The van der Waals surface area contributed by atoms with E-state index >= 15 is 0 Å². The van der Waals surface area contributed by atoms with Crippen molar-refractivity contribution >= 4 is 33.4 Å². The zero-order chi connectivity index (χ0) is 15.2. The molecule has 0 saturated heterocycles. The highest BCUT2D eigenvalue weighted by Gasteiger charge is 2.13. The number of benzene rings is 1. The number of carbonyl (C=O) groups is 2. The lowest BCUT2D eigenvalue weighted by molar-refractivity contribution is -0.116. The van der Waals surface area contributed by atoms with Crippen LogP contribution in [0.5, 0.6) is 0 Å². The van der Waals surface area contributed by atoms with Gasteiger partial charge in [-0.15, -0.1) is 0 Å². The van der Waals surface area contributed by atoms with Gasteiger partial charge in [-0.05, 0) is 30.3 Å². The summed E-state index contributed by atoms with van der Waals surface area (Å²) in [5, 5.41) is 2.72. The third kappa shape index (κ3) is 4.19. The first-order valence-electron chi connectivity index (χ1n) is 6.43. The Bertz CT molecular complexity index is 626. The molecule has 5 nitrogen and oxygen atoms in total. The van der Waals surface area contributed by atoms with Gasteiger partial charge in [0.15, 0.2) is 5.76 Å². The van der Waals surface area contributed by atoms with Crippen LogP contribution in [-0.2, 0) is 4.79 Å². The molecule has 1 N–H and O–H groups in total. The molecule has 0 saturated carbocycles. The summed E-state index contributed by atoms with van der Waals surface area (Å²) < 4.78 is 5.90. The maximum Gasteiger partial charge on any atom is 0.287 e. The molecule has 1 aromatic heterocycles. The maximum absolute atomic E-state index is 11.7. The molecule has 0 spiro atoms. The first kappa shape index (κ1) is 15.3. The van der Waals surface area contributed by atoms with Gasteiger partial charge in [0.05, 0.1) is 6.26 Å². The molecule has 2 amide bonds. The molecule has 0 unspecified atom stereocenters. The number of nitrogens with zero attached hydrogens (tertiary/aromatic N) is 1. The van der Waals surface area contributed by atoms with Gasteiger partial charge in [0.25, 0.3) is 5.91 Å². The number of furan rings is 1. The molecule has 0 radical (unpaired) electrons. The van der Waals surface area contributed by atoms with E-state index in [1.165, 1.54) is 13.2 Å². The highest BCUT2D eigenvalue weighted by atomic mass is 79.9. The lowest BCUT2D eigenvalue weighted by Crippen LogP contribution is -2.37. The molecular formula is C15H15BrN2O3. The van der Waals surface area contributed by atoms with E-state index in [0.29, 0.717) is 13.1 Å². The van der Waals surface area contributed by atoms with Gasteiger partial charge in [0.1, 0.15) is 0 Å². The molecular weight excluding hydrogens is 336 g/mol. The van der Waals surface area contributed by atoms with Crippen molar-refractivity contribution in [1.82, 2.24) is 5.32 Å². The highest BCUT2D eigenvalue weighted by Crippen LogP contribution is 2.19. The number of amides is 2. The number of anilines is 1. The van der Waals surface area contributed by atoms with E-state index < -0.39 is 0 Å². The first-order valence-corrected chi connectivity index (χ1v) is 7.22. The Labute approximate surface area is 131 Å². The van der Waals surface area contributed by atoms with Gasteiger partial charge in [-0.1, -0.05) is 22.0 Å². The number of halogens is 1. The van der Waals surface area contributed by atoms with Gasteiger partial charge in [0.2, 0.25) is 5.91 Å². The van der Waals surface area contributed by atoms with Crippen LogP contribution in [-0.4, -0.2) is 24.9 Å². The summed E-state index contributed by atoms with van der Waals surface area (Å²) in [5.74, 6) is -0.120. The van der Waals surface area contributed by atoms with Gasteiger partial charge in [-0.3, -0.25) is 9.59 Å². The van der Waals surface area contributed by atoms with Crippen LogP contribution in [0, 0.1) is 0 Å². The summed E-state index contributed by atoms with van der Waals surface area (Å²) in [6.45, 7) is 2.22. The molecule has 0 aliphatic rings.